The maximum atomic E-state index is 12.8. The van der Waals surface area contributed by atoms with Crippen molar-refractivity contribution in [2.24, 2.45) is 0 Å². The lowest BCUT2D eigenvalue weighted by molar-refractivity contribution is 0.0745. The fraction of sp³-hybridized carbons (Fsp3) is 0.263. The number of benzene rings is 1. The molecule has 0 saturated carbocycles. The second kappa shape index (κ2) is 7.48. The molecule has 0 unspecified atom stereocenters. The molecule has 0 atom stereocenters. The zero-order valence-electron chi connectivity index (χ0n) is 14.9. The van der Waals surface area contributed by atoms with Crippen molar-refractivity contribution in [2.75, 3.05) is 31.1 Å². The smallest absolute Gasteiger partial charge is 0.255 e. The van der Waals surface area contributed by atoms with Crippen molar-refractivity contribution in [3.63, 3.8) is 0 Å². The standard InChI is InChI=1S/C19H19BrN6O/c1-14-22-17(13-18(23-14)26-8-4-7-21-26)24-9-11-25(12-10-24)19(27)15-5-2-3-6-16(15)20/h2-8,13H,9-12H2,1H3. The van der Waals surface area contributed by atoms with E-state index in [1.165, 1.54) is 0 Å². The van der Waals surface area contributed by atoms with Crippen LogP contribution in [0.4, 0.5) is 5.82 Å². The zero-order valence-corrected chi connectivity index (χ0v) is 16.5. The predicted octanol–water partition coefficient (Wildman–Crippen LogP) is 2.70. The summed E-state index contributed by atoms with van der Waals surface area (Å²) in [4.78, 5) is 25.9. The van der Waals surface area contributed by atoms with Crippen molar-refractivity contribution in [1.29, 1.82) is 0 Å². The summed E-state index contributed by atoms with van der Waals surface area (Å²) >= 11 is 3.46. The predicted molar refractivity (Wildman–Crippen MR) is 106 cm³/mol. The van der Waals surface area contributed by atoms with E-state index in [1.807, 2.05) is 54.4 Å². The van der Waals surface area contributed by atoms with Crippen molar-refractivity contribution in [2.45, 2.75) is 6.92 Å². The van der Waals surface area contributed by atoms with E-state index in [2.05, 4.69) is 35.9 Å². The molecule has 1 aromatic carbocycles. The van der Waals surface area contributed by atoms with Gasteiger partial charge in [-0.15, -0.1) is 0 Å². The molecule has 8 heteroatoms. The summed E-state index contributed by atoms with van der Waals surface area (Å²) in [5.74, 6) is 2.36. The van der Waals surface area contributed by atoms with Gasteiger partial charge < -0.3 is 9.80 Å². The van der Waals surface area contributed by atoms with Crippen LogP contribution < -0.4 is 4.90 Å². The first-order chi connectivity index (χ1) is 13.1. The molecule has 1 fully saturated rings. The highest BCUT2D eigenvalue weighted by Crippen LogP contribution is 2.21. The number of carbonyl (C=O) groups excluding carboxylic acids is 1. The fourth-order valence-electron chi connectivity index (χ4n) is 3.16. The lowest BCUT2D eigenvalue weighted by Gasteiger charge is -2.35. The lowest BCUT2D eigenvalue weighted by atomic mass is 10.2. The van der Waals surface area contributed by atoms with Crippen molar-refractivity contribution < 1.29 is 4.79 Å². The number of anilines is 1. The van der Waals surface area contributed by atoms with E-state index in [1.54, 1.807) is 10.9 Å². The van der Waals surface area contributed by atoms with Gasteiger partial charge in [-0.3, -0.25) is 4.79 Å². The van der Waals surface area contributed by atoms with Gasteiger partial charge in [0.1, 0.15) is 11.6 Å². The minimum absolute atomic E-state index is 0.0539. The summed E-state index contributed by atoms with van der Waals surface area (Å²) in [6, 6.07) is 11.3. The Morgan fingerprint density at radius 2 is 1.78 bits per heavy atom. The number of aromatic nitrogens is 4. The van der Waals surface area contributed by atoms with Gasteiger partial charge in [0.05, 0.1) is 5.56 Å². The van der Waals surface area contributed by atoms with Gasteiger partial charge in [0.2, 0.25) is 0 Å². The van der Waals surface area contributed by atoms with E-state index in [4.69, 9.17) is 0 Å². The summed E-state index contributed by atoms with van der Waals surface area (Å²) in [6.45, 7) is 4.64. The van der Waals surface area contributed by atoms with Crippen molar-refractivity contribution >= 4 is 27.7 Å². The first-order valence-electron chi connectivity index (χ1n) is 8.76. The largest absolute Gasteiger partial charge is 0.353 e. The molecular formula is C19H19BrN6O. The van der Waals surface area contributed by atoms with E-state index >= 15 is 0 Å². The Bertz CT molecular complexity index is 951. The van der Waals surface area contributed by atoms with Crippen LogP contribution in [0.2, 0.25) is 0 Å². The Labute approximate surface area is 165 Å². The molecule has 1 saturated heterocycles. The summed E-state index contributed by atoms with van der Waals surface area (Å²) in [6.07, 6.45) is 3.59. The third-order valence-corrected chi connectivity index (χ3v) is 5.24. The fourth-order valence-corrected chi connectivity index (χ4v) is 3.62. The number of hydrogen-bond donors (Lipinski definition) is 0. The van der Waals surface area contributed by atoms with Crippen LogP contribution in [0.5, 0.6) is 0 Å². The van der Waals surface area contributed by atoms with Crippen LogP contribution >= 0.6 is 15.9 Å². The molecule has 4 rings (SSSR count). The van der Waals surface area contributed by atoms with Gasteiger partial charge in [0.15, 0.2) is 5.82 Å². The molecule has 3 heterocycles. The first-order valence-corrected chi connectivity index (χ1v) is 9.55. The third-order valence-electron chi connectivity index (χ3n) is 4.55. The number of piperazine rings is 1. The Balaban J connectivity index is 1.48. The highest BCUT2D eigenvalue weighted by Gasteiger charge is 2.24. The Morgan fingerprint density at radius 3 is 2.48 bits per heavy atom. The molecule has 1 aliphatic heterocycles. The second-order valence-electron chi connectivity index (χ2n) is 6.34. The molecule has 0 spiro atoms. The number of carbonyl (C=O) groups is 1. The molecule has 138 valence electrons. The number of aryl methyl sites for hydroxylation is 1. The molecule has 1 aliphatic rings. The van der Waals surface area contributed by atoms with Crippen LogP contribution in [0.3, 0.4) is 0 Å². The minimum Gasteiger partial charge on any atom is -0.353 e. The SMILES string of the molecule is Cc1nc(N2CCN(C(=O)c3ccccc3Br)CC2)cc(-n2cccn2)n1. The molecule has 0 aliphatic carbocycles. The molecule has 3 aromatic rings. The van der Waals surface area contributed by atoms with Crippen LogP contribution in [-0.2, 0) is 0 Å². The monoisotopic (exact) mass is 426 g/mol. The number of amides is 1. The second-order valence-corrected chi connectivity index (χ2v) is 7.20. The average Bonchev–Trinajstić information content (AvgIpc) is 3.22. The lowest BCUT2D eigenvalue weighted by Crippen LogP contribution is -2.49. The normalized spacial score (nSPS) is 14.4. The molecule has 2 aromatic heterocycles. The number of rotatable bonds is 3. The van der Waals surface area contributed by atoms with Gasteiger partial charge in [-0.25, -0.2) is 14.6 Å². The van der Waals surface area contributed by atoms with Crippen LogP contribution in [-0.4, -0.2) is 56.7 Å². The van der Waals surface area contributed by atoms with E-state index in [0.717, 1.165) is 29.2 Å². The number of nitrogens with zero attached hydrogens (tertiary/aromatic N) is 6. The molecule has 0 N–H and O–H groups in total. The summed E-state index contributed by atoms with van der Waals surface area (Å²) < 4.78 is 2.55. The Morgan fingerprint density at radius 1 is 1.04 bits per heavy atom. The maximum Gasteiger partial charge on any atom is 0.255 e. The van der Waals surface area contributed by atoms with Crippen molar-refractivity contribution in [1.82, 2.24) is 24.6 Å². The van der Waals surface area contributed by atoms with E-state index in [0.29, 0.717) is 24.5 Å². The average molecular weight is 427 g/mol. The highest BCUT2D eigenvalue weighted by atomic mass is 79.9. The summed E-state index contributed by atoms with van der Waals surface area (Å²) in [5, 5.41) is 4.24. The van der Waals surface area contributed by atoms with Gasteiger partial charge in [0, 0.05) is 49.1 Å². The molecule has 1 amide bonds. The maximum absolute atomic E-state index is 12.8. The van der Waals surface area contributed by atoms with E-state index < -0.39 is 0 Å². The van der Waals surface area contributed by atoms with Crippen molar-refractivity contribution in [3.05, 3.63) is 64.7 Å². The minimum atomic E-state index is 0.0539. The van der Waals surface area contributed by atoms with E-state index in [9.17, 15) is 4.79 Å². The van der Waals surface area contributed by atoms with Gasteiger partial charge >= 0.3 is 0 Å². The van der Waals surface area contributed by atoms with Gasteiger partial charge in [-0.2, -0.15) is 5.10 Å². The third kappa shape index (κ3) is 3.71. The van der Waals surface area contributed by atoms with Crippen LogP contribution in [0, 0.1) is 6.92 Å². The molecule has 27 heavy (non-hydrogen) atoms. The quantitative estimate of drug-likeness (QED) is 0.643. The Hall–Kier alpha value is -2.74. The molecule has 0 bridgehead atoms. The van der Waals surface area contributed by atoms with Crippen LogP contribution in [0.25, 0.3) is 5.82 Å². The van der Waals surface area contributed by atoms with Crippen LogP contribution in [0.15, 0.2) is 53.3 Å². The molecular weight excluding hydrogens is 408 g/mol. The number of halogens is 1. The molecule has 0 radical (unpaired) electrons. The highest BCUT2D eigenvalue weighted by molar-refractivity contribution is 9.10. The number of hydrogen-bond acceptors (Lipinski definition) is 5. The van der Waals surface area contributed by atoms with Gasteiger partial charge in [0.25, 0.3) is 5.91 Å². The topological polar surface area (TPSA) is 67.2 Å². The molecule has 7 nitrogen and oxygen atoms in total. The van der Waals surface area contributed by atoms with E-state index in [-0.39, 0.29) is 5.91 Å². The first kappa shape index (κ1) is 17.7. The van der Waals surface area contributed by atoms with Crippen LogP contribution in [0.1, 0.15) is 16.2 Å². The van der Waals surface area contributed by atoms with Gasteiger partial charge in [-0.1, -0.05) is 12.1 Å². The van der Waals surface area contributed by atoms with Crippen molar-refractivity contribution in [3.8, 4) is 5.82 Å². The summed E-state index contributed by atoms with van der Waals surface area (Å²) in [5.41, 5.74) is 0.699. The summed E-state index contributed by atoms with van der Waals surface area (Å²) in [7, 11) is 0. The Kier molecular flexibility index (Phi) is 4.89. The van der Waals surface area contributed by atoms with Gasteiger partial charge in [-0.05, 0) is 41.1 Å². The zero-order chi connectivity index (χ0) is 18.8.